The second kappa shape index (κ2) is 5.67. The van der Waals surface area contributed by atoms with Crippen molar-refractivity contribution in [1.82, 2.24) is 0 Å². The van der Waals surface area contributed by atoms with E-state index in [1.54, 1.807) is 7.11 Å². The quantitative estimate of drug-likeness (QED) is 0.812. The lowest BCUT2D eigenvalue weighted by Gasteiger charge is -2.39. The molecule has 0 amide bonds. The van der Waals surface area contributed by atoms with E-state index in [2.05, 4.69) is 0 Å². The maximum atomic E-state index is 11.6. The van der Waals surface area contributed by atoms with Crippen molar-refractivity contribution in [3.05, 3.63) is 0 Å². The highest BCUT2D eigenvalue weighted by molar-refractivity contribution is 7.91. The maximum absolute atomic E-state index is 11.6. The van der Waals surface area contributed by atoms with Crippen molar-refractivity contribution < 1.29 is 13.2 Å². The van der Waals surface area contributed by atoms with Gasteiger partial charge in [-0.15, -0.1) is 0 Å². The molecule has 0 heterocycles. The molecule has 17 heavy (non-hydrogen) atoms. The summed E-state index contributed by atoms with van der Waals surface area (Å²) in [7, 11) is -1.26. The number of hydrogen-bond donors (Lipinski definition) is 1. The molecule has 0 radical (unpaired) electrons. The minimum atomic E-state index is -2.93. The maximum Gasteiger partial charge on any atom is 0.150 e. The molecule has 4 nitrogen and oxygen atoms in total. The third-order valence-electron chi connectivity index (χ3n) is 4.01. The van der Waals surface area contributed by atoms with Gasteiger partial charge in [0, 0.05) is 25.5 Å². The Morgan fingerprint density at radius 3 is 2.59 bits per heavy atom. The van der Waals surface area contributed by atoms with Crippen molar-refractivity contribution in [1.29, 1.82) is 0 Å². The van der Waals surface area contributed by atoms with Gasteiger partial charge >= 0.3 is 0 Å². The Hall–Kier alpha value is -0.130. The number of methoxy groups -OCH3 is 1. The van der Waals surface area contributed by atoms with Crippen LogP contribution in [0.5, 0.6) is 0 Å². The molecule has 0 aromatic carbocycles. The average Bonchev–Trinajstić information content (AvgIpc) is 2.25. The topological polar surface area (TPSA) is 69.4 Å². The molecule has 102 valence electrons. The van der Waals surface area contributed by atoms with Crippen molar-refractivity contribution in [2.45, 2.75) is 49.8 Å². The Labute approximate surface area is 105 Å². The van der Waals surface area contributed by atoms with Crippen LogP contribution in [0, 0.1) is 5.92 Å². The molecular formula is C12H25NO3S. The molecular weight excluding hydrogens is 238 g/mol. The average molecular weight is 263 g/mol. The summed E-state index contributed by atoms with van der Waals surface area (Å²) in [5.74, 6) is 0.283. The normalized spacial score (nSPS) is 29.9. The summed E-state index contributed by atoms with van der Waals surface area (Å²) in [5.41, 5.74) is 5.99. The SMILES string of the molecule is COCCC(C)(N)C1CCCC(S(C)(=O)=O)C1. The fourth-order valence-electron chi connectivity index (χ4n) is 2.66. The molecule has 0 aromatic rings. The second-order valence-electron chi connectivity index (χ2n) is 5.56. The fraction of sp³-hybridized carbons (Fsp3) is 1.00. The lowest BCUT2D eigenvalue weighted by Crippen LogP contribution is -2.48. The van der Waals surface area contributed by atoms with Gasteiger partial charge < -0.3 is 10.5 Å². The Balaban J connectivity index is 2.66. The summed E-state index contributed by atoms with van der Waals surface area (Å²) >= 11 is 0. The van der Waals surface area contributed by atoms with Gasteiger partial charge in [-0.05, 0) is 38.5 Å². The number of rotatable bonds is 5. The summed E-state index contributed by atoms with van der Waals surface area (Å²) in [4.78, 5) is 0. The standard InChI is InChI=1S/C12H25NO3S/c1-12(13,7-8-16-2)10-5-4-6-11(9-10)17(3,14)15/h10-11H,4-9,13H2,1-3H3. The summed E-state index contributed by atoms with van der Waals surface area (Å²) in [5, 5.41) is -0.202. The van der Waals surface area contributed by atoms with Crippen LogP contribution in [0.3, 0.4) is 0 Å². The van der Waals surface area contributed by atoms with Crippen molar-refractivity contribution in [2.75, 3.05) is 20.0 Å². The lowest BCUT2D eigenvalue weighted by atomic mass is 9.74. The van der Waals surface area contributed by atoms with Crippen molar-refractivity contribution in [3.63, 3.8) is 0 Å². The van der Waals surface area contributed by atoms with Gasteiger partial charge in [-0.3, -0.25) is 0 Å². The molecule has 2 N–H and O–H groups in total. The first-order chi connectivity index (χ1) is 7.77. The van der Waals surface area contributed by atoms with Crippen LogP contribution in [0.1, 0.15) is 39.0 Å². The first-order valence-corrected chi connectivity index (χ1v) is 8.19. The molecule has 3 atom stereocenters. The summed E-state index contributed by atoms with van der Waals surface area (Å²) in [6, 6.07) is 0. The first-order valence-electron chi connectivity index (χ1n) is 6.24. The van der Waals surface area contributed by atoms with E-state index in [1.165, 1.54) is 6.26 Å². The Kier molecular flexibility index (Phi) is 4.98. The number of sulfone groups is 1. The smallest absolute Gasteiger partial charge is 0.150 e. The van der Waals surface area contributed by atoms with Gasteiger partial charge in [0.1, 0.15) is 9.84 Å². The molecule has 5 heteroatoms. The molecule has 0 spiro atoms. The Morgan fingerprint density at radius 1 is 1.41 bits per heavy atom. The minimum absolute atomic E-state index is 0.202. The highest BCUT2D eigenvalue weighted by atomic mass is 32.2. The molecule has 1 saturated carbocycles. The number of nitrogens with two attached hydrogens (primary N) is 1. The zero-order valence-corrected chi connectivity index (χ0v) is 11.9. The van der Waals surface area contributed by atoms with Crippen LogP contribution in [0.2, 0.25) is 0 Å². The highest BCUT2D eigenvalue weighted by Gasteiger charge is 2.37. The molecule has 1 fully saturated rings. The highest BCUT2D eigenvalue weighted by Crippen LogP contribution is 2.35. The van der Waals surface area contributed by atoms with Crippen LogP contribution in [0.15, 0.2) is 0 Å². The van der Waals surface area contributed by atoms with Crippen LogP contribution in [0.25, 0.3) is 0 Å². The molecule has 0 saturated heterocycles. The molecule has 3 unspecified atom stereocenters. The van der Waals surface area contributed by atoms with Gasteiger partial charge in [-0.1, -0.05) is 6.42 Å². The van der Waals surface area contributed by atoms with Gasteiger partial charge in [0.2, 0.25) is 0 Å². The number of ether oxygens (including phenoxy) is 1. The Bertz CT molecular complexity index is 338. The molecule has 0 aromatic heterocycles. The van der Waals surface area contributed by atoms with Gasteiger partial charge in [-0.25, -0.2) is 8.42 Å². The van der Waals surface area contributed by atoms with Crippen LogP contribution in [0.4, 0.5) is 0 Å². The summed E-state index contributed by atoms with van der Waals surface area (Å²) < 4.78 is 28.3. The summed E-state index contributed by atoms with van der Waals surface area (Å²) in [6.45, 7) is 2.65. The van der Waals surface area contributed by atoms with Crippen LogP contribution in [-0.4, -0.2) is 39.2 Å². The third kappa shape index (κ3) is 4.23. The van der Waals surface area contributed by atoms with Gasteiger partial charge in [0.15, 0.2) is 0 Å². The molecule has 1 aliphatic carbocycles. The third-order valence-corrected chi connectivity index (χ3v) is 5.65. The molecule has 1 rings (SSSR count). The zero-order chi connectivity index (χ0) is 13.1. The zero-order valence-electron chi connectivity index (χ0n) is 11.1. The van der Waals surface area contributed by atoms with E-state index in [1.807, 2.05) is 6.92 Å². The second-order valence-corrected chi connectivity index (χ2v) is 7.89. The lowest BCUT2D eigenvalue weighted by molar-refractivity contribution is 0.135. The van der Waals surface area contributed by atoms with E-state index >= 15 is 0 Å². The van der Waals surface area contributed by atoms with Crippen molar-refractivity contribution >= 4 is 9.84 Å². The van der Waals surface area contributed by atoms with E-state index in [9.17, 15) is 8.42 Å². The van der Waals surface area contributed by atoms with Crippen LogP contribution in [-0.2, 0) is 14.6 Å². The number of hydrogen-bond acceptors (Lipinski definition) is 4. The van der Waals surface area contributed by atoms with Gasteiger partial charge in [-0.2, -0.15) is 0 Å². The van der Waals surface area contributed by atoms with Crippen LogP contribution < -0.4 is 5.73 Å². The van der Waals surface area contributed by atoms with E-state index in [-0.39, 0.29) is 16.7 Å². The van der Waals surface area contributed by atoms with E-state index < -0.39 is 9.84 Å². The van der Waals surface area contributed by atoms with Crippen molar-refractivity contribution in [2.24, 2.45) is 11.7 Å². The Morgan fingerprint density at radius 2 is 2.06 bits per heavy atom. The van der Waals surface area contributed by atoms with E-state index in [0.29, 0.717) is 13.0 Å². The van der Waals surface area contributed by atoms with E-state index in [4.69, 9.17) is 10.5 Å². The van der Waals surface area contributed by atoms with Gasteiger partial charge in [0.05, 0.1) is 5.25 Å². The van der Waals surface area contributed by atoms with E-state index in [0.717, 1.165) is 25.7 Å². The molecule has 0 bridgehead atoms. The molecule has 1 aliphatic rings. The predicted octanol–water partition coefficient (Wildman–Crippen LogP) is 1.34. The van der Waals surface area contributed by atoms with Crippen LogP contribution >= 0.6 is 0 Å². The van der Waals surface area contributed by atoms with Gasteiger partial charge in [0.25, 0.3) is 0 Å². The summed E-state index contributed by atoms with van der Waals surface area (Å²) in [6.07, 6.45) is 5.60. The first kappa shape index (κ1) is 14.9. The monoisotopic (exact) mass is 263 g/mol. The predicted molar refractivity (Wildman–Crippen MR) is 69.7 cm³/mol. The minimum Gasteiger partial charge on any atom is -0.385 e. The fourth-order valence-corrected chi connectivity index (χ4v) is 3.84. The molecule has 0 aliphatic heterocycles. The van der Waals surface area contributed by atoms with Crippen molar-refractivity contribution in [3.8, 4) is 0 Å². The largest absolute Gasteiger partial charge is 0.385 e.